The fourth-order valence-corrected chi connectivity index (χ4v) is 2.13. The van der Waals surface area contributed by atoms with Crippen molar-refractivity contribution in [2.75, 3.05) is 0 Å². The van der Waals surface area contributed by atoms with Gasteiger partial charge in [-0.15, -0.1) is 0 Å². The van der Waals surface area contributed by atoms with Crippen molar-refractivity contribution in [1.82, 2.24) is 9.55 Å². The summed E-state index contributed by atoms with van der Waals surface area (Å²) in [5.74, 6) is 0.116. The molecule has 6 heteroatoms. The molecule has 0 aliphatic heterocycles. The normalized spacial score (nSPS) is 10.7. The number of benzene rings is 1. The summed E-state index contributed by atoms with van der Waals surface area (Å²) in [6, 6.07) is 12.0. The molecular formula is C15H12N2O4. The smallest absolute Gasteiger partial charge is 0.331 e. The maximum Gasteiger partial charge on any atom is 0.331 e. The Morgan fingerprint density at radius 2 is 1.86 bits per heavy atom. The Hall–Kier alpha value is -3.02. The van der Waals surface area contributed by atoms with Crippen molar-refractivity contribution in [3.63, 3.8) is 0 Å². The first-order valence-corrected chi connectivity index (χ1v) is 6.30. The van der Waals surface area contributed by atoms with Crippen molar-refractivity contribution in [1.29, 1.82) is 0 Å². The summed E-state index contributed by atoms with van der Waals surface area (Å²) < 4.78 is 6.22. The van der Waals surface area contributed by atoms with Crippen LogP contribution >= 0.6 is 0 Å². The van der Waals surface area contributed by atoms with E-state index in [1.165, 1.54) is 6.26 Å². The number of hydrogen-bond donors (Lipinski definition) is 2. The maximum atomic E-state index is 12.0. The minimum absolute atomic E-state index is 0.0360. The van der Waals surface area contributed by atoms with Gasteiger partial charge in [-0.1, -0.05) is 30.3 Å². The number of nitrogens with zero attached hydrogens (tertiary/aromatic N) is 1. The van der Waals surface area contributed by atoms with E-state index in [0.717, 1.165) is 4.57 Å². The number of furan rings is 1. The number of nitrogens with one attached hydrogen (secondary N) is 1. The van der Waals surface area contributed by atoms with Crippen LogP contribution in [0.4, 0.5) is 0 Å². The number of aromatic nitrogens is 2. The van der Waals surface area contributed by atoms with Crippen molar-refractivity contribution in [2.24, 2.45) is 0 Å². The van der Waals surface area contributed by atoms with Crippen molar-refractivity contribution >= 4 is 0 Å². The van der Waals surface area contributed by atoms with Gasteiger partial charge < -0.3 is 9.52 Å². The van der Waals surface area contributed by atoms with Crippen LogP contribution in [0.15, 0.2) is 62.7 Å². The fourth-order valence-electron chi connectivity index (χ4n) is 2.13. The van der Waals surface area contributed by atoms with Crippen LogP contribution in [0.3, 0.4) is 0 Å². The Kier molecular flexibility index (Phi) is 3.19. The summed E-state index contributed by atoms with van der Waals surface area (Å²) in [5, 5.41) is 10.3. The molecule has 0 saturated carbocycles. The molecule has 1 aromatic carbocycles. The minimum atomic E-state index is -0.686. The molecule has 2 heterocycles. The summed E-state index contributed by atoms with van der Waals surface area (Å²) >= 11 is 0. The van der Waals surface area contributed by atoms with Gasteiger partial charge in [0.2, 0.25) is 5.88 Å². The first-order valence-electron chi connectivity index (χ1n) is 6.30. The van der Waals surface area contributed by atoms with Gasteiger partial charge in [-0.2, -0.15) is 0 Å². The van der Waals surface area contributed by atoms with Crippen LogP contribution in [0, 0.1) is 0 Å². The van der Waals surface area contributed by atoms with Gasteiger partial charge in [0.1, 0.15) is 11.3 Å². The summed E-state index contributed by atoms with van der Waals surface area (Å²) in [6.07, 6.45) is 1.47. The van der Waals surface area contributed by atoms with Crippen LogP contribution in [0.1, 0.15) is 5.76 Å². The average molecular weight is 284 g/mol. The average Bonchev–Trinajstić information content (AvgIpc) is 2.97. The molecule has 2 N–H and O–H groups in total. The van der Waals surface area contributed by atoms with E-state index in [1.54, 1.807) is 42.5 Å². The van der Waals surface area contributed by atoms with E-state index in [1.807, 2.05) is 0 Å². The van der Waals surface area contributed by atoms with Crippen LogP contribution in [0.25, 0.3) is 11.1 Å². The summed E-state index contributed by atoms with van der Waals surface area (Å²) in [7, 11) is 0. The second-order valence-electron chi connectivity index (χ2n) is 4.49. The van der Waals surface area contributed by atoms with Crippen LogP contribution in [-0.4, -0.2) is 14.7 Å². The molecule has 2 aromatic heterocycles. The lowest BCUT2D eigenvalue weighted by atomic mass is 10.1. The van der Waals surface area contributed by atoms with Gasteiger partial charge in [0.25, 0.3) is 5.56 Å². The molecule has 0 spiro atoms. The van der Waals surface area contributed by atoms with Gasteiger partial charge in [-0.05, 0) is 17.7 Å². The minimum Gasteiger partial charge on any atom is -0.494 e. The predicted octanol–water partition coefficient (Wildman–Crippen LogP) is 1.55. The van der Waals surface area contributed by atoms with E-state index in [0.29, 0.717) is 11.3 Å². The second-order valence-corrected chi connectivity index (χ2v) is 4.49. The van der Waals surface area contributed by atoms with Gasteiger partial charge in [0, 0.05) is 0 Å². The van der Waals surface area contributed by atoms with Gasteiger partial charge >= 0.3 is 5.69 Å². The van der Waals surface area contributed by atoms with E-state index in [-0.39, 0.29) is 18.0 Å². The van der Waals surface area contributed by atoms with Gasteiger partial charge in [0.05, 0.1) is 12.8 Å². The Morgan fingerprint density at radius 1 is 1.10 bits per heavy atom. The van der Waals surface area contributed by atoms with E-state index in [4.69, 9.17) is 4.42 Å². The lowest BCUT2D eigenvalue weighted by molar-refractivity contribution is 0.395. The third-order valence-corrected chi connectivity index (χ3v) is 3.13. The Morgan fingerprint density at radius 3 is 2.52 bits per heavy atom. The molecule has 0 saturated heterocycles. The van der Waals surface area contributed by atoms with Gasteiger partial charge in [-0.25, -0.2) is 4.79 Å². The molecule has 0 aliphatic rings. The number of hydrogen-bond acceptors (Lipinski definition) is 4. The summed E-state index contributed by atoms with van der Waals surface area (Å²) in [5.41, 5.74) is -0.723. The first kappa shape index (κ1) is 13.0. The SMILES string of the molecule is O=c1[nH]c(=O)n(Cc2ccco2)c(O)c1-c1ccccc1. The summed E-state index contributed by atoms with van der Waals surface area (Å²) in [6.45, 7) is 0.0360. The molecule has 0 radical (unpaired) electrons. The zero-order valence-electron chi connectivity index (χ0n) is 10.9. The monoisotopic (exact) mass is 284 g/mol. The van der Waals surface area contributed by atoms with E-state index in [9.17, 15) is 14.7 Å². The Balaban J connectivity index is 2.18. The molecule has 6 nitrogen and oxygen atoms in total. The molecule has 21 heavy (non-hydrogen) atoms. The molecule has 0 amide bonds. The molecule has 106 valence electrons. The summed E-state index contributed by atoms with van der Waals surface area (Å²) in [4.78, 5) is 26.0. The standard InChI is InChI=1S/C15H12N2O4/c18-13-12(10-5-2-1-3-6-10)14(19)17(15(20)16-13)9-11-7-4-8-21-11/h1-8,19H,9H2,(H,16,18,20). The number of H-pyrrole nitrogens is 1. The highest BCUT2D eigenvalue weighted by Crippen LogP contribution is 2.24. The lowest BCUT2D eigenvalue weighted by Crippen LogP contribution is -2.31. The van der Waals surface area contributed by atoms with E-state index in [2.05, 4.69) is 4.98 Å². The van der Waals surface area contributed by atoms with Crippen molar-refractivity contribution in [3.05, 3.63) is 75.3 Å². The number of rotatable bonds is 3. The largest absolute Gasteiger partial charge is 0.494 e. The predicted molar refractivity (Wildman–Crippen MR) is 76.2 cm³/mol. The van der Waals surface area contributed by atoms with Crippen LogP contribution in [0.2, 0.25) is 0 Å². The van der Waals surface area contributed by atoms with E-state index < -0.39 is 11.2 Å². The van der Waals surface area contributed by atoms with Crippen molar-refractivity contribution in [3.8, 4) is 17.0 Å². The molecule has 0 fully saturated rings. The van der Waals surface area contributed by atoms with Crippen molar-refractivity contribution in [2.45, 2.75) is 6.54 Å². The zero-order valence-corrected chi connectivity index (χ0v) is 10.9. The molecule has 0 aliphatic carbocycles. The first-order chi connectivity index (χ1) is 10.2. The van der Waals surface area contributed by atoms with Crippen LogP contribution < -0.4 is 11.2 Å². The van der Waals surface area contributed by atoms with Crippen LogP contribution in [-0.2, 0) is 6.54 Å². The third kappa shape index (κ3) is 2.38. The lowest BCUT2D eigenvalue weighted by Gasteiger charge is -2.10. The van der Waals surface area contributed by atoms with Crippen molar-refractivity contribution < 1.29 is 9.52 Å². The Labute approximate surface area is 118 Å². The van der Waals surface area contributed by atoms with Crippen LogP contribution in [0.5, 0.6) is 5.88 Å². The fraction of sp³-hybridized carbons (Fsp3) is 0.0667. The Bertz CT molecular complexity index is 861. The highest BCUT2D eigenvalue weighted by molar-refractivity contribution is 5.67. The van der Waals surface area contributed by atoms with Gasteiger partial charge in [0.15, 0.2) is 0 Å². The van der Waals surface area contributed by atoms with E-state index >= 15 is 0 Å². The molecule has 0 unspecified atom stereocenters. The highest BCUT2D eigenvalue weighted by Gasteiger charge is 2.16. The molecule has 3 aromatic rings. The second kappa shape index (κ2) is 5.16. The molecular weight excluding hydrogens is 272 g/mol. The number of aromatic amines is 1. The number of aromatic hydroxyl groups is 1. The molecule has 0 bridgehead atoms. The van der Waals surface area contributed by atoms with Gasteiger partial charge in [-0.3, -0.25) is 14.3 Å². The quantitative estimate of drug-likeness (QED) is 0.763. The zero-order chi connectivity index (χ0) is 14.8. The third-order valence-electron chi connectivity index (χ3n) is 3.13. The topological polar surface area (TPSA) is 88.2 Å². The molecule has 3 rings (SSSR count). The highest BCUT2D eigenvalue weighted by atomic mass is 16.3. The molecule has 0 atom stereocenters. The maximum absolute atomic E-state index is 12.0.